The van der Waals surface area contributed by atoms with Crippen molar-refractivity contribution in [3.05, 3.63) is 53.6 Å². The van der Waals surface area contributed by atoms with Gasteiger partial charge in [-0.25, -0.2) is 19.2 Å². The number of rotatable bonds is 2. The molecule has 0 aliphatic carbocycles. The minimum atomic E-state index is -0.455. The van der Waals surface area contributed by atoms with Crippen molar-refractivity contribution >= 4 is 29.2 Å². The normalized spacial score (nSPS) is 18.0. The third-order valence-corrected chi connectivity index (χ3v) is 3.73. The molecule has 0 N–H and O–H groups in total. The summed E-state index contributed by atoms with van der Waals surface area (Å²) in [6.45, 7) is 0.232. The topological polar surface area (TPSA) is 72.6 Å². The Labute approximate surface area is 130 Å². The quantitative estimate of drug-likeness (QED) is 0.726. The van der Waals surface area contributed by atoms with Crippen LogP contribution in [-0.4, -0.2) is 32.3 Å². The summed E-state index contributed by atoms with van der Waals surface area (Å²) in [5, 5.41) is 4.48. The van der Waals surface area contributed by atoms with Gasteiger partial charge in [0.2, 0.25) is 0 Å². The second kappa shape index (κ2) is 4.96. The number of fused-ring (bicyclic) bond motifs is 1. The molecule has 3 aromatic rings. The summed E-state index contributed by atoms with van der Waals surface area (Å²) in [6, 6.07) is 6.92. The molecule has 110 valence electrons. The molecular formula is C14H10ClN5O2. The zero-order chi connectivity index (χ0) is 15.1. The minimum absolute atomic E-state index is 0.232. The van der Waals surface area contributed by atoms with Gasteiger partial charge < -0.3 is 4.74 Å². The second-order valence-corrected chi connectivity index (χ2v) is 5.17. The zero-order valence-electron chi connectivity index (χ0n) is 11.3. The van der Waals surface area contributed by atoms with E-state index in [4.69, 9.17) is 16.3 Å². The standard InChI is InChI=1S/C14H10ClN5O2/c15-9-7-17-19-6-4-12(18-13(9)19)20-11(8-22-14(20)21)10-3-1-2-5-16-10/h1-7,11H,8H2. The SMILES string of the molecule is O=C1OCC(c2ccccn2)N1c1ccn2ncc(Cl)c2n1. The number of ether oxygens (including phenoxy) is 1. The lowest BCUT2D eigenvalue weighted by atomic mass is 10.2. The predicted octanol–water partition coefficient (Wildman–Crippen LogP) is 2.48. The van der Waals surface area contributed by atoms with Crippen LogP contribution in [0.5, 0.6) is 0 Å². The van der Waals surface area contributed by atoms with Crippen molar-refractivity contribution in [1.29, 1.82) is 0 Å². The molecule has 1 aliphatic rings. The highest BCUT2D eigenvalue weighted by molar-refractivity contribution is 6.33. The van der Waals surface area contributed by atoms with Gasteiger partial charge in [0, 0.05) is 12.4 Å². The first kappa shape index (κ1) is 13.0. The Morgan fingerprint density at radius 1 is 1.32 bits per heavy atom. The zero-order valence-corrected chi connectivity index (χ0v) is 12.0. The number of aromatic nitrogens is 4. The van der Waals surface area contributed by atoms with Crippen molar-refractivity contribution in [2.45, 2.75) is 6.04 Å². The molecule has 7 nitrogen and oxygen atoms in total. The summed E-state index contributed by atoms with van der Waals surface area (Å²) >= 11 is 6.05. The van der Waals surface area contributed by atoms with Crippen molar-refractivity contribution in [2.75, 3.05) is 11.5 Å². The molecular weight excluding hydrogens is 306 g/mol. The highest BCUT2D eigenvalue weighted by atomic mass is 35.5. The molecule has 8 heteroatoms. The Balaban J connectivity index is 1.80. The summed E-state index contributed by atoms with van der Waals surface area (Å²) in [5.41, 5.74) is 1.23. The molecule has 0 aromatic carbocycles. The van der Waals surface area contributed by atoms with Crippen LogP contribution < -0.4 is 4.90 Å². The highest BCUT2D eigenvalue weighted by Crippen LogP contribution is 2.31. The average molecular weight is 316 g/mol. The number of anilines is 1. The van der Waals surface area contributed by atoms with Crippen molar-refractivity contribution in [3.8, 4) is 0 Å². The summed E-state index contributed by atoms with van der Waals surface area (Å²) in [6.07, 6.45) is 4.43. The number of hydrogen-bond acceptors (Lipinski definition) is 5. The summed E-state index contributed by atoms with van der Waals surface area (Å²) in [5.74, 6) is 0.452. The molecule has 0 bridgehead atoms. The van der Waals surface area contributed by atoms with Crippen LogP contribution in [0, 0.1) is 0 Å². The molecule has 1 fully saturated rings. The van der Waals surface area contributed by atoms with Crippen LogP contribution in [0.2, 0.25) is 5.02 Å². The van der Waals surface area contributed by atoms with Crippen molar-refractivity contribution in [3.63, 3.8) is 0 Å². The lowest BCUT2D eigenvalue weighted by molar-refractivity contribution is 0.178. The number of nitrogens with zero attached hydrogens (tertiary/aromatic N) is 5. The van der Waals surface area contributed by atoms with Gasteiger partial charge in [-0.3, -0.25) is 4.98 Å². The smallest absolute Gasteiger partial charge is 0.416 e. The van der Waals surface area contributed by atoms with Crippen LogP contribution in [0.3, 0.4) is 0 Å². The molecule has 0 spiro atoms. The minimum Gasteiger partial charge on any atom is -0.446 e. The van der Waals surface area contributed by atoms with Crippen LogP contribution in [0.15, 0.2) is 42.9 Å². The van der Waals surface area contributed by atoms with Gasteiger partial charge in [-0.05, 0) is 18.2 Å². The van der Waals surface area contributed by atoms with Crippen molar-refractivity contribution < 1.29 is 9.53 Å². The first-order valence-electron chi connectivity index (χ1n) is 6.61. The second-order valence-electron chi connectivity index (χ2n) is 4.76. The maximum atomic E-state index is 12.1. The van der Waals surface area contributed by atoms with Gasteiger partial charge in [0.05, 0.1) is 11.9 Å². The van der Waals surface area contributed by atoms with Gasteiger partial charge in [0.1, 0.15) is 23.5 Å². The van der Waals surface area contributed by atoms with Gasteiger partial charge in [-0.1, -0.05) is 17.7 Å². The number of amides is 1. The lowest BCUT2D eigenvalue weighted by Crippen LogP contribution is -2.28. The third-order valence-electron chi connectivity index (χ3n) is 3.46. The molecule has 1 aliphatic heterocycles. The summed E-state index contributed by atoms with van der Waals surface area (Å²) in [7, 11) is 0. The van der Waals surface area contributed by atoms with E-state index in [-0.39, 0.29) is 12.6 Å². The van der Waals surface area contributed by atoms with Crippen molar-refractivity contribution in [1.82, 2.24) is 19.6 Å². The number of carbonyl (C=O) groups excluding carboxylic acids is 1. The Morgan fingerprint density at radius 2 is 2.23 bits per heavy atom. The van der Waals surface area contributed by atoms with Gasteiger partial charge in [0.25, 0.3) is 0 Å². The fraction of sp³-hybridized carbons (Fsp3) is 0.143. The number of carbonyl (C=O) groups is 1. The van der Waals surface area contributed by atoms with E-state index in [0.717, 1.165) is 5.69 Å². The molecule has 4 heterocycles. The molecule has 1 amide bonds. The van der Waals surface area contributed by atoms with Gasteiger partial charge in [-0.15, -0.1) is 0 Å². The Bertz CT molecular complexity index is 851. The molecule has 3 aromatic heterocycles. The van der Waals surface area contributed by atoms with Crippen LogP contribution in [0.25, 0.3) is 5.65 Å². The fourth-order valence-corrected chi connectivity index (χ4v) is 2.60. The Kier molecular flexibility index (Phi) is 2.93. The maximum absolute atomic E-state index is 12.1. The molecule has 1 atom stereocenters. The van der Waals surface area contributed by atoms with Gasteiger partial charge in [-0.2, -0.15) is 5.10 Å². The largest absolute Gasteiger partial charge is 0.446 e. The number of hydrogen-bond donors (Lipinski definition) is 0. The van der Waals surface area contributed by atoms with Gasteiger partial charge in [0.15, 0.2) is 5.65 Å². The van der Waals surface area contributed by atoms with E-state index in [1.165, 1.54) is 11.1 Å². The first-order valence-corrected chi connectivity index (χ1v) is 6.98. The van der Waals surface area contributed by atoms with E-state index in [1.54, 1.807) is 23.0 Å². The van der Waals surface area contributed by atoms with Crippen LogP contribution in [-0.2, 0) is 4.74 Å². The van der Waals surface area contributed by atoms with Crippen molar-refractivity contribution in [2.24, 2.45) is 0 Å². The molecule has 0 radical (unpaired) electrons. The summed E-state index contributed by atoms with van der Waals surface area (Å²) in [4.78, 5) is 22.3. The monoisotopic (exact) mass is 315 g/mol. The van der Waals surface area contributed by atoms with E-state index in [0.29, 0.717) is 16.5 Å². The van der Waals surface area contributed by atoms with E-state index < -0.39 is 6.09 Å². The van der Waals surface area contributed by atoms with E-state index >= 15 is 0 Å². The van der Waals surface area contributed by atoms with Crippen LogP contribution in [0.4, 0.5) is 10.6 Å². The first-order chi connectivity index (χ1) is 10.7. The number of cyclic esters (lactones) is 1. The third kappa shape index (κ3) is 1.98. The average Bonchev–Trinajstić information content (AvgIpc) is 3.11. The number of pyridine rings is 1. The van der Waals surface area contributed by atoms with E-state index in [9.17, 15) is 4.79 Å². The molecule has 4 rings (SSSR count). The summed E-state index contributed by atoms with van der Waals surface area (Å²) < 4.78 is 6.71. The highest BCUT2D eigenvalue weighted by Gasteiger charge is 2.37. The fourth-order valence-electron chi connectivity index (χ4n) is 2.43. The van der Waals surface area contributed by atoms with Crippen LogP contribution in [0.1, 0.15) is 11.7 Å². The van der Waals surface area contributed by atoms with E-state index in [1.807, 2.05) is 18.2 Å². The van der Waals surface area contributed by atoms with Gasteiger partial charge >= 0.3 is 6.09 Å². The lowest BCUT2D eigenvalue weighted by Gasteiger charge is -2.19. The Hall–Kier alpha value is -2.67. The molecule has 1 saturated heterocycles. The Morgan fingerprint density at radius 3 is 3.05 bits per heavy atom. The maximum Gasteiger partial charge on any atom is 0.416 e. The predicted molar refractivity (Wildman–Crippen MR) is 78.8 cm³/mol. The molecule has 22 heavy (non-hydrogen) atoms. The number of halogens is 1. The molecule has 1 unspecified atom stereocenters. The van der Waals surface area contributed by atoms with E-state index in [2.05, 4.69) is 15.1 Å². The molecule has 0 saturated carbocycles. The van der Waals surface area contributed by atoms with Crippen LogP contribution >= 0.6 is 11.6 Å².